The average Bonchev–Trinajstić information content (AvgIpc) is 2.84. The van der Waals surface area contributed by atoms with Crippen molar-refractivity contribution in [2.75, 3.05) is 19.7 Å². The van der Waals surface area contributed by atoms with E-state index in [4.69, 9.17) is 14.3 Å². The molecule has 6 nitrogen and oxygen atoms in total. The average molecular weight is 303 g/mol. The van der Waals surface area contributed by atoms with E-state index in [0.29, 0.717) is 24.5 Å². The number of aliphatic carboxylic acids is 1. The maximum Gasteiger partial charge on any atom is 0.306 e. The number of benzene rings is 1. The summed E-state index contributed by atoms with van der Waals surface area (Å²) in [4.78, 5) is 25.0. The lowest BCUT2D eigenvalue weighted by Crippen LogP contribution is -2.46. The summed E-state index contributed by atoms with van der Waals surface area (Å²) < 4.78 is 11.1. The van der Waals surface area contributed by atoms with Gasteiger partial charge in [0, 0.05) is 24.0 Å². The highest BCUT2D eigenvalue weighted by molar-refractivity contribution is 5.99. The van der Waals surface area contributed by atoms with E-state index in [9.17, 15) is 9.59 Å². The molecule has 0 radical (unpaired) electrons. The Morgan fingerprint density at radius 1 is 1.36 bits per heavy atom. The molecule has 1 atom stereocenters. The third kappa shape index (κ3) is 2.69. The predicted octanol–water partition coefficient (Wildman–Crippen LogP) is 2.06. The van der Waals surface area contributed by atoms with Crippen LogP contribution in [0.15, 0.2) is 28.7 Å². The Morgan fingerprint density at radius 2 is 2.14 bits per heavy atom. The molecule has 1 saturated heterocycles. The fourth-order valence-corrected chi connectivity index (χ4v) is 2.74. The summed E-state index contributed by atoms with van der Waals surface area (Å²) >= 11 is 0. The Bertz CT molecular complexity index is 720. The van der Waals surface area contributed by atoms with Gasteiger partial charge in [-0.15, -0.1) is 0 Å². The molecule has 1 N–H and O–H groups in total. The van der Waals surface area contributed by atoms with Gasteiger partial charge in [-0.1, -0.05) is 18.2 Å². The van der Waals surface area contributed by atoms with Crippen LogP contribution in [0, 0.1) is 6.92 Å². The van der Waals surface area contributed by atoms with Gasteiger partial charge in [0.05, 0.1) is 19.1 Å². The van der Waals surface area contributed by atoms with Gasteiger partial charge >= 0.3 is 5.97 Å². The Balaban J connectivity index is 1.83. The van der Waals surface area contributed by atoms with Crippen molar-refractivity contribution in [2.24, 2.45) is 0 Å². The van der Waals surface area contributed by atoms with Gasteiger partial charge in [-0.25, -0.2) is 0 Å². The molecule has 2 heterocycles. The lowest BCUT2D eigenvalue weighted by atomic mass is 10.1. The third-order valence-electron chi connectivity index (χ3n) is 3.87. The number of rotatable bonds is 3. The summed E-state index contributed by atoms with van der Waals surface area (Å²) in [6, 6.07) is 7.50. The number of aryl methyl sites for hydroxylation is 1. The van der Waals surface area contributed by atoms with Crippen LogP contribution in [0.25, 0.3) is 11.0 Å². The SMILES string of the molecule is Cc1c(C(=O)N2CCOC(CC(=O)O)C2)oc2ccccc12. The molecule has 0 spiro atoms. The van der Waals surface area contributed by atoms with Crippen LogP contribution in [0.1, 0.15) is 22.5 Å². The first-order chi connectivity index (χ1) is 10.6. The van der Waals surface area contributed by atoms with E-state index in [2.05, 4.69) is 0 Å². The van der Waals surface area contributed by atoms with E-state index in [1.165, 1.54) is 0 Å². The van der Waals surface area contributed by atoms with Gasteiger partial charge in [0.2, 0.25) is 0 Å². The zero-order chi connectivity index (χ0) is 15.7. The van der Waals surface area contributed by atoms with Crippen LogP contribution < -0.4 is 0 Å². The number of fused-ring (bicyclic) bond motifs is 1. The van der Waals surface area contributed by atoms with Gasteiger partial charge in [0.1, 0.15) is 5.58 Å². The molecular formula is C16H17NO5. The zero-order valence-electron chi connectivity index (χ0n) is 12.2. The number of carboxylic acids is 1. The summed E-state index contributed by atoms with van der Waals surface area (Å²) in [6.45, 7) is 2.89. The smallest absolute Gasteiger partial charge is 0.306 e. The normalized spacial score (nSPS) is 18.6. The number of hydrogen-bond acceptors (Lipinski definition) is 4. The van der Waals surface area contributed by atoms with Crippen LogP contribution >= 0.6 is 0 Å². The number of nitrogens with zero attached hydrogens (tertiary/aromatic N) is 1. The second kappa shape index (κ2) is 5.81. The monoisotopic (exact) mass is 303 g/mol. The molecule has 1 aliphatic rings. The number of amides is 1. The summed E-state index contributed by atoms with van der Waals surface area (Å²) in [5, 5.41) is 9.76. The molecule has 1 aromatic heterocycles. The first-order valence-electron chi connectivity index (χ1n) is 7.17. The maximum atomic E-state index is 12.7. The van der Waals surface area contributed by atoms with Gasteiger partial charge < -0.3 is 19.2 Å². The highest BCUT2D eigenvalue weighted by Crippen LogP contribution is 2.26. The summed E-state index contributed by atoms with van der Waals surface area (Å²) in [6.07, 6.45) is -0.581. The first kappa shape index (κ1) is 14.6. The molecule has 1 aromatic carbocycles. The Morgan fingerprint density at radius 3 is 2.86 bits per heavy atom. The number of ether oxygens (including phenoxy) is 1. The summed E-state index contributed by atoms with van der Waals surface area (Å²) in [7, 11) is 0. The second-order valence-electron chi connectivity index (χ2n) is 5.39. The summed E-state index contributed by atoms with van der Waals surface area (Å²) in [5.41, 5.74) is 1.49. The molecule has 2 aromatic rings. The molecule has 0 aliphatic carbocycles. The van der Waals surface area contributed by atoms with E-state index in [1.54, 1.807) is 4.90 Å². The van der Waals surface area contributed by atoms with Crippen LogP contribution in [0.3, 0.4) is 0 Å². The maximum absolute atomic E-state index is 12.7. The highest BCUT2D eigenvalue weighted by atomic mass is 16.5. The van der Waals surface area contributed by atoms with Crippen molar-refractivity contribution in [3.8, 4) is 0 Å². The standard InChI is InChI=1S/C16H17NO5/c1-10-12-4-2-3-5-13(12)22-15(10)16(20)17-6-7-21-11(9-17)8-14(18)19/h2-5,11H,6-9H2,1H3,(H,18,19). The van der Waals surface area contributed by atoms with Gasteiger partial charge in [-0.2, -0.15) is 0 Å². The first-order valence-corrected chi connectivity index (χ1v) is 7.17. The second-order valence-corrected chi connectivity index (χ2v) is 5.39. The zero-order valence-corrected chi connectivity index (χ0v) is 12.2. The minimum Gasteiger partial charge on any atom is -0.481 e. The van der Waals surface area contributed by atoms with Crippen LogP contribution in [0.4, 0.5) is 0 Å². The highest BCUT2D eigenvalue weighted by Gasteiger charge is 2.29. The lowest BCUT2D eigenvalue weighted by molar-refractivity contribution is -0.141. The molecule has 116 valence electrons. The van der Waals surface area contributed by atoms with Gasteiger partial charge in [0.25, 0.3) is 5.91 Å². The molecule has 3 rings (SSSR count). The van der Waals surface area contributed by atoms with E-state index in [-0.39, 0.29) is 18.9 Å². The number of morpholine rings is 1. The van der Waals surface area contributed by atoms with Crippen molar-refractivity contribution in [3.63, 3.8) is 0 Å². The number of furan rings is 1. The van der Waals surface area contributed by atoms with Crippen molar-refractivity contribution in [1.82, 2.24) is 4.90 Å². The van der Waals surface area contributed by atoms with Crippen molar-refractivity contribution < 1.29 is 23.8 Å². The number of carboxylic acid groups (broad SMARTS) is 1. The van der Waals surface area contributed by atoms with Crippen LogP contribution in [0.5, 0.6) is 0 Å². The van der Waals surface area contributed by atoms with Crippen molar-refractivity contribution in [3.05, 3.63) is 35.6 Å². The number of para-hydroxylation sites is 1. The minimum atomic E-state index is -0.931. The van der Waals surface area contributed by atoms with Crippen molar-refractivity contribution in [2.45, 2.75) is 19.4 Å². The Labute approximate surface area is 127 Å². The number of carbonyl (C=O) groups excluding carboxylic acids is 1. The van der Waals surface area contributed by atoms with E-state index in [1.807, 2.05) is 31.2 Å². The fraction of sp³-hybridized carbons (Fsp3) is 0.375. The molecule has 22 heavy (non-hydrogen) atoms. The molecule has 1 amide bonds. The van der Waals surface area contributed by atoms with Crippen molar-refractivity contribution in [1.29, 1.82) is 0 Å². The predicted molar refractivity (Wildman–Crippen MR) is 78.8 cm³/mol. The van der Waals surface area contributed by atoms with Gasteiger partial charge in [-0.3, -0.25) is 9.59 Å². The Hall–Kier alpha value is -2.34. The van der Waals surface area contributed by atoms with Crippen LogP contribution in [-0.4, -0.2) is 47.7 Å². The van der Waals surface area contributed by atoms with Crippen LogP contribution in [-0.2, 0) is 9.53 Å². The molecule has 1 aliphatic heterocycles. The third-order valence-corrected chi connectivity index (χ3v) is 3.87. The molecule has 1 fully saturated rings. The molecule has 6 heteroatoms. The number of hydrogen-bond donors (Lipinski definition) is 1. The summed E-state index contributed by atoms with van der Waals surface area (Å²) in [5.74, 6) is -0.830. The quantitative estimate of drug-likeness (QED) is 0.938. The van der Waals surface area contributed by atoms with E-state index >= 15 is 0 Å². The van der Waals surface area contributed by atoms with E-state index < -0.39 is 12.1 Å². The fourth-order valence-electron chi connectivity index (χ4n) is 2.74. The van der Waals surface area contributed by atoms with Gasteiger partial charge in [0.15, 0.2) is 5.76 Å². The molecular weight excluding hydrogens is 286 g/mol. The molecule has 0 saturated carbocycles. The Kier molecular flexibility index (Phi) is 3.85. The van der Waals surface area contributed by atoms with Gasteiger partial charge in [-0.05, 0) is 13.0 Å². The van der Waals surface area contributed by atoms with Crippen molar-refractivity contribution >= 4 is 22.8 Å². The van der Waals surface area contributed by atoms with E-state index in [0.717, 1.165) is 10.9 Å². The molecule has 1 unspecified atom stereocenters. The molecule has 0 bridgehead atoms. The minimum absolute atomic E-state index is 0.108. The largest absolute Gasteiger partial charge is 0.481 e. The topological polar surface area (TPSA) is 80.0 Å². The lowest BCUT2D eigenvalue weighted by Gasteiger charge is -2.31. The number of carbonyl (C=O) groups is 2. The van der Waals surface area contributed by atoms with Crippen LogP contribution in [0.2, 0.25) is 0 Å².